The van der Waals surface area contributed by atoms with Crippen LogP contribution in [0.2, 0.25) is 0 Å². The molecule has 0 aromatic heterocycles. The molecule has 0 aliphatic carbocycles. The molecule has 1 aliphatic rings. The second-order valence-corrected chi connectivity index (χ2v) is 5.83. The van der Waals surface area contributed by atoms with Gasteiger partial charge in [-0.2, -0.15) is 0 Å². The van der Waals surface area contributed by atoms with E-state index in [1.54, 1.807) is 11.8 Å². The van der Waals surface area contributed by atoms with Crippen molar-refractivity contribution in [3.8, 4) is 5.75 Å². The zero-order valence-electron chi connectivity index (χ0n) is 14.2. The molecule has 0 bridgehead atoms. The number of ether oxygens (including phenoxy) is 1. The number of piperidine rings is 1. The Bertz CT molecular complexity index is 643. The SMILES string of the molecule is C=CC(=O)N(CC)CC(=O)N1CCC(Oc2ccc(F)cc2F)CC1. The van der Waals surface area contributed by atoms with Gasteiger partial charge in [0.25, 0.3) is 0 Å². The van der Waals surface area contributed by atoms with E-state index in [-0.39, 0.29) is 30.2 Å². The molecule has 0 N–H and O–H groups in total. The molecule has 1 aromatic rings. The first-order valence-corrected chi connectivity index (χ1v) is 8.25. The molecule has 2 rings (SSSR count). The third-order valence-electron chi connectivity index (χ3n) is 4.18. The molecule has 0 spiro atoms. The van der Waals surface area contributed by atoms with Gasteiger partial charge in [-0.1, -0.05) is 6.58 Å². The molecule has 0 radical (unpaired) electrons. The molecule has 0 unspecified atom stereocenters. The number of likely N-dealkylation sites (N-methyl/N-ethyl adjacent to an activating group) is 1. The Morgan fingerprint density at radius 2 is 2.04 bits per heavy atom. The first-order chi connectivity index (χ1) is 11.9. The lowest BCUT2D eigenvalue weighted by Gasteiger charge is -2.33. The van der Waals surface area contributed by atoms with Crippen LogP contribution in [0.15, 0.2) is 30.9 Å². The molecule has 5 nitrogen and oxygen atoms in total. The van der Waals surface area contributed by atoms with Gasteiger partial charge in [-0.05, 0) is 25.1 Å². The van der Waals surface area contributed by atoms with E-state index in [0.717, 1.165) is 12.1 Å². The summed E-state index contributed by atoms with van der Waals surface area (Å²) in [5.41, 5.74) is 0. The van der Waals surface area contributed by atoms with E-state index in [4.69, 9.17) is 4.74 Å². The molecule has 0 atom stereocenters. The lowest BCUT2D eigenvalue weighted by Crippen LogP contribution is -2.47. The van der Waals surface area contributed by atoms with E-state index in [9.17, 15) is 18.4 Å². The molecule has 1 fully saturated rings. The van der Waals surface area contributed by atoms with Gasteiger partial charge in [-0.15, -0.1) is 0 Å². The normalized spacial score (nSPS) is 14.9. The van der Waals surface area contributed by atoms with Crippen molar-refractivity contribution in [2.24, 2.45) is 0 Å². The van der Waals surface area contributed by atoms with Crippen LogP contribution in [0.4, 0.5) is 8.78 Å². The number of carbonyl (C=O) groups is 2. The van der Waals surface area contributed by atoms with Crippen molar-refractivity contribution in [2.75, 3.05) is 26.2 Å². The Kier molecular flexibility index (Phi) is 6.50. The number of likely N-dealkylation sites (tertiary alicyclic amines) is 1. The van der Waals surface area contributed by atoms with Crippen LogP contribution in [0.25, 0.3) is 0 Å². The summed E-state index contributed by atoms with van der Waals surface area (Å²) in [6, 6.07) is 3.19. The average Bonchev–Trinajstić information content (AvgIpc) is 2.61. The van der Waals surface area contributed by atoms with Gasteiger partial charge in [-0.3, -0.25) is 9.59 Å². The third-order valence-corrected chi connectivity index (χ3v) is 4.18. The Morgan fingerprint density at radius 1 is 1.36 bits per heavy atom. The largest absolute Gasteiger partial charge is 0.487 e. The second kappa shape index (κ2) is 8.60. The van der Waals surface area contributed by atoms with Gasteiger partial charge in [0.1, 0.15) is 11.9 Å². The Labute approximate surface area is 145 Å². The molecule has 1 aliphatic heterocycles. The van der Waals surface area contributed by atoms with E-state index in [0.29, 0.717) is 32.5 Å². The van der Waals surface area contributed by atoms with Crippen molar-refractivity contribution in [1.82, 2.24) is 9.80 Å². The molecule has 1 aromatic carbocycles. The number of amides is 2. The van der Waals surface area contributed by atoms with Gasteiger partial charge in [0.2, 0.25) is 11.8 Å². The highest BCUT2D eigenvalue weighted by molar-refractivity contribution is 5.90. The summed E-state index contributed by atoms with van der Waals surface area (Å²) < 4.78 is 32.1. The van der Waals surface area contributed by atoms with Gasteiger partial charge < -0.3 is 14.5 Å². The zero-order valence-corrected chi connectivity index (χ0v) is 14.2. The average molecular weight is 352 g/mol. The predicted molar refractivity (Wildman–Crippen MR) is 89.0 cm³/mol. The van der Waals surface area contributed by atoms with Crippen molar-refractivity contribution in [3.05, 3.63) is 42.5 Å². The fraction of sp³-hybridized carbons (Fsp3) is 0.444. The molecule has 1 saturated heterocycles. The van der Waals surface area contributed by atoms with E-state index in [1.165, 1.54) is 17.0 Å². The van der Waals surface area contributed by atoms with Gasteiger partial charge in [0.15, 0.2) is 11.6 Å². The number of carbonyl (C=O) groups excluding carboxylic acids is 2. The van der Waals surface area contributed by atoms with Crippen LogP contribution in [-0.4, -0.2) is 53.9 Å². The van der Waals surface area contributed by atoms with Crippen LogP contribution in [0.3, 0.4) is 0 Å². The highest BCUT2D eigenvalue weighted by Crippen LogP contribution is 2.23. The van der Waals surface area contributed by atoms with Gasteiger partial charge in [-0.25, -0.2) is 8.78 Å². The van der Waals surface area contributed by atoms with Crippen LogP contribution in [0, 0.1) is 11.6 Å². The molecule has 1 heterocycles. The minimum atomic E-state index is -0.736. The van der Waals surface area contributed by atoms with Crippen molar-refractivity contribution >= 4 is 11.8 Å². The quantitative estimate of drug-likeness (QED) is 0.739. The fourth-order valence-corrected chi connectivity index (χ4v) is 2.71. The summed E-state index contributed by atoms with van der Waals surface area (Å²) in [4.78, 5) is 27.0. The van der Waals surface area contributed by atoms with Crippen LogP contribution in [0.1, 0.15) is 19.8 Å². The maximum Gasteiger partial charge on any atom is 0.246 e. The van der Waals surface area contributed by atoms with Gasteiger partial charge >= 0.3 is 0 Å². The Morgan fingerprint density at radius 3 is 2.60 bits per heavy atom. The predicted octanol–water partition coefficient (Wildman–Crippen LogP) is 2.37. The summed E-state index contributed by atoms with van der Waals surface area (Å²) >= 11 is 0. The molecular formula is C18H22F2N2O3. The Hall–Kier alpha value is -2.44. The standard InChI is InChI=1S/C18H22F2N2O3/c1-3-17(23)21(4-2)12-18(24)22-9-7-14(8-10-22)25-16-6-5-13(19)11-15(16)20/h3,5-6,11,14H,1,4,7-10,12H2,2H3. The minimum absolute atomic E-state index is 0.0134. The summed E-state index contributed by atoms with van der Waals surface area (Å²) in [5, 5.41) is 0. The molecule has 2 amide bonds. The highest BCUT2D eigenvalue weighted by Gasteiger charge is 2.26. The minimum Gasteiger partial charge on any atom is -0.487 e. The summed E-state index contributed by atoms with van der Waals surface area (Å²) in [6.07, 6.45) is 2.04. The summed E-state index contributed by atoms with van der Waals surface area (Å²) in [7, 11) is 0. The summed E-state index contributed by atoms with van der Waals surface area (Å²) in [5.74, 6) is -1.79. The second-order valence-electron chi connectivity index (χ2n) is 5.83. The van der Waals surface area contributed by atoms with E-state index in [1.807, 2.05) is 0 Å². The molecule has 7 heteroatoms. The number of halogens is 2. The van der Waals surface area contributed by atoms with Crippen molar-refractivity contribution < 1.29 is 23.1 Å². The molecule has 136 valence electrons. The van der Waals surface area contributed by atoms with E-state index in [2.05, 4.69) is 6.58 Å². The Balaban J connectivity index is 1.85. The fourth-order valence-electron chi connectivity index (χ4n) is 2.71. The van der Waals surface area contributed by atoms with Crippen LogP contribution < -0.4 is 4.74 Å². The number of hydrogen-bond acceptors (Lipinski definition) is 3. The molecular weight excluding hydrogens is 330 g/mol. The topological polar surface area (TPSA) is 49.9 Å². The maximum atomic E-state index is 13.6. The van der Waals surface area contributed by atoms with Crippen molar-refractivity contribution in [1.29, 1.82) is 0 Å². The van der Waals surface area contributed by atoms with Crippen LogP contribution in [0.5, 0.6) is 5.75 Å². The molecule has 25 heavy (non-hydrogen) atoms. The third kappa shape index (κ3) is 5.01. The number of rotatable bonds is 6. The van der Waals surface area contributed by atoms with Crippen molar-refractivity contribution in [2.45, 2.75) is 25.9 Å². The number of nitrogens with zero attached hydrogens (tertiary/aromatic N) is 2. The van der Waals surface area contributed by atoms with Crippen molar-refractivity contribution in [3.63, 3.8) is 0 Å². The number of hydrogen-bond donors (Lipinski definition) is 0. The van der Waals surface area contributed by atoms with Gasteiger partial charge in [0, 0.05) is 38.5 Å². The van der Waals surface area contributed by atoms with Gasteiger partial charge in [0.05, 0.1) is 6.54 Å². The monoisotopic (exact) mass is 352 g/mol. The smallest absolute Gasteiger partial charge is 0.246 e. The lowest BCUT2D eigenvalue weighted by atomic mass is 10.1. The van der Waals surface area contributed by atoms with E-state index >= 15 is 0 Å². The zero-order chi connectivity index (χ0) is 18.4. The molecule has 0 saturated carbocycles. The highest BCUT2D eigenvalue weighted by atomic mass is 19.1. The number of benzene rings is 1. The van der Waals surface area contributed by atoms with Crippen LogP contribution >= 0.6 is 0 Å². The maximum absolute atomic E-state index is 13.6. The van der Waals surface area contributed by atoms with E-state index < -0.39 is 11.6 Å². The van der Waals surface area contributed by atoms with Crippen LogP contribution in [-0.2, 0) is 9.59 Å². The lowest BCUT2D eigenvalue weighted by molar-refractivity contribution is -0.139. The first kappa shape index (κ1) is 18.9. The summed E-state index contributed by atoms with van der Waals surface area (Å²) in [6.45, 7) is 6.60. The first-order valence-electron chi connectivity index (χ1n) is 8.25.